The molecule has 4 nitrogen and oxygen atoms in total. The van der Waals surface area contributed by atoms with Crippen molar-refractivity contribution in [2.24, 2.45) is 11.7 Å². The largest absolute Gasteiger partial charge is 0.449 e. The second-order valence-corrected chi connectivity index (χ2v) is 6.80. The quantitative estimate of drug-likeness (QED) is 0.876. The number of carbonyl (C=O) groups is 1. The van der Waals surface area contributed by atoms with Crippen molar-refractivity contribution in [3.05, 3.63) is 59.7 Å². The number of fused-ring (bicyclic) bond motifs is 3. The molecule has 1 saturated carbocycles. The van der Waals surface area contributed by atoms with Crippen molar-refractivity contribution in [2.45, 2.75) is 24.8 Å². The van der Waals surface area contributed by atoms with Crippen LogP contribution in [0, 0.1) is 5.92 Å². The van der Waals surface area contributed by atoms with Gasteiger partial charge in [0.1, 0.15) is 6.61 Å². The first-order valence-corrected chi connectivity index (χ1v) is 8.57. The molecule has 2 aromatic carbocycles. The van der Waals surface area contributed by atoms with E-state index in [1.165, 1.54) is 22.3 Å². The molecule has 0 saturated heterocycles. The highest BCUT2D eigenvalue weighted by molar-refractivity contribution is 5.85. The smallest absolute Gasteiger partial charge is 0.407 e. The number of alkyl carbamates (subject to hydrolysis) is 1. The van der Waals surface area contributed by atoms with E-state index in [2.05, 4.69) is 41.7 Å². The number of benzene rings is 2. The van der Waals surface area contributed by atoms with E-state index in [0.29, 0.717) is 25.1 Å². The maximum absolute atomic E-state index is 12.0. The van der Waals surface area contributed by atoms with Crippen molar-refractivity contribution in [3.8, 4) is 11.1 Å². The number of hydrogen-bond donors (Lipinski definition) is 2. The van der Waals surface area contributed by atoms with Crippen LogP contribution in [0.3, 0.4) is 0 Å². The maximum Gasteiger partial charge on any atom is 0.407 e. The van der Waals surface area contributed by atoms with E-state index in [0.717, 1.165) is 12.8 Å². The van der Waals surface area contributed by atoms with E-state index >= 15 is 0 Å². The Hall–Kier alpha value is -2.04. The van der Waals surface area contributed by atoms with Crippen LogP contribution in [0.1, 0.15) is 29.9 Å². The Bertz CT molecular complexity index is 713. The van der Waals surface area contributed by atoms with Gasteiger partial charge < -0.3 is 15.8 Å². The summed E-state index contributed by atoms with van der Waals surface area (Å²) >= 11 is 0. The fourth-order valence-corrected chi connectivity index (χ4v) is 3.83. The summed E-state index contributed by atoms with van der Waals surface area (Å²) in [4.78, 5) is 12.0. The fourth-order valence-electron chi connectivity index (χ4n) is 3.83. The zero-order chi connectivity index (χ0) is 16.5. The number of nitrogens with one attached hydrogen (secondary N) is 1. The molecule has 0 unspecified atom stereocenters. The lowest BCUT2D eigenvalue weighted by Gasteiger charge is -2.32. The van der Waals surface area contributed by atoms with Crippen molar-refractivity contribution >= 4 is 18.5 Å². The molecule has 1 amide bonds. The minimum Gasteiger partial charge on any atom is -0.449 e. The maximum atomic E-state index is 12.0. The summed E-state index contributed by atoms with van der Waals surface area (Å²) in [5, 5.41) is 2.86. The Morgan fingerprint density at radius 1 is 1.04 bits per heavy atom. The van der Waals surface area contributed by atoms with Gasteiger partial charge in [-0.2, -0.15) is 0 Å². The number of rotatable bonds is 4. The van der Waals surface area contributed by atoms with Gasteiger partial charge in [-0.25, -0.2) is 4.79 Å². The normalized spacial score (nSPS) is 20.7. The highest BCUT2D eigenvalue weighted by Gasteiger charge is 2.29. The van der Waals surface area contributed by atoms with Gasteiger partial charge >= 0.3 is 6.09 Å². The minimum absolute atomic E-state index is 0. The molecule has 2 aliphatic carbocycles. The third-order valence-corrected chi connectivity index (χ3v) is 5.15. The minimum atomic E-state index is -0.336. The summed E-state index contributed by atoms with van der Waals surface area (Å²) in [6, 6.07) is 17.0. The zero-order valence-electron chi connectivity index (χ0n) is 14.0. The van der Waals surface area contributed by atoms with Crippen LogP contribution in [-0.2, 0) is 4.74 Å². The average molecular weight is 359 g/mol. The summed E-state index contributed by atoms with van der Waals surface area (Å²) in [6.07, 6.45) is 1.64. The number of amides is 1. The molecule has 0 aromatic heterocycles. The summed E-state index contributed by atoms with van der Waals surface area (Å²) in [6.45, 7) is 1.02. The van der Waals surface area contributed by atoms with Crippen molar-refractivity contribution in [2.75, 3.05) is 13.2 Å². The molecule has 0 spiro atoms. The molecule has 3 N–H and O–H groups in total. The number of carbonyl (C=O) groups excluding carboxylic acids is 1. The van der Waals surface area contributed by atoms with E-state index in [4.69, 9.17) is 10.5 Å². The zero-order valence-corrected chi connectivity index (χ0v) is 14.8. The predicted octanol–water partition coefficient (Wildman–Crippen LogP) is 3.68. The molecule has 0 aliphatic heterocycles. The van der Waals surface area contributed by atoms with Crippen molar-refractivity contribution in [3.63, 3.8) is 0 Å². The van der Waals surface area contributed by atoms with Crippen LogP contribution < -0.4 is 11.1 Å². The summed E-state index contributed by atoms with van der Waals surface area (Å²) in [5.41, 5.74) is 10.7. The summed E-state index contributed by atoms with van der Waals surface area (Å²) < 4.78 is 5.50. The van der Waals surface area contributed by atoms with Gasteiger partial charge in [0.05, 0.1) is 0 Å². The molecule has 25 heavy (non-hydrogen) atoms. The molecule has 2 aliphatic rings. The highest BCUT2D eigenvalue weighted by atomic mass is 35.5. The molecular weight excluding hydrogens is 336 g/mol. The predicted molar refractivity (Wildman–Crippen MR) is 101 cm³/mol. The number of halogens is 1. The molecule has 0 bridgehead atoms. The van der Waals surface area contributed by atoms with Gasteiger partial charge in [-0.3, -0.25) is 0 Å². The average Bonchev–Trinajstić information content (AvgIpc) is 2.90. The molecule has 0 heterocycles. The third kappa shape index (κ3) is 3.51. The standard InChI is InChI=1S/C20H22N2O2.ClH/c21-14-9-13(10-14)11-22-20(23)24-12-19-17-7-3-1-5-15(17)16-6-2-4-8-18(16)19;/h1-8,13-14,19H,9-12,21H2,(H,22,23);1H. The van der Waals surface area contributed by atoms with Crippen molar-refractivity contribution < 1.29 is 9.53 Å². The second-order valence-electron chi connectivity index (χ2n) is 6.80. The number of hydrogen-bond acceptors (Lipinski definition) is 3. The van der Waals surface area contributed by atoms with E-state index in [1.807, 2.05) is 12.1 Å². The van der Waals surface area contributed by atoms with Gasteiger partial charge in [0, 0.05) is 18.5 Å². The molecule has 1 fully saturated rings. The number of ether oxygens (including phenoxy) is 1. The van der Waals surface area contributed by atoms with Crippen LogP contribution in [0.5, 0.6) is 0 Å². The molecule has 0 atom stereocenters. The van der Waals surface area contributed by atoms with Gasteiger partial charge in [-0.05, 0) is 41.0 Å². The molecule has 5 heteroatoms. The van der Waals surface area contributed by atoms with Gasteiger partial charge in [0.2, 0.25) is 0 Å². The van der Waals surface area contributed by atoms with E-state index < -0.39 is 0 Å². The van der Waals surface area contributed by atoms with Crippen LogP contribution >= 0.6 is 12.4 Å². The highest BCUT2D eigenvalue weighted by Crippen LogP contribution is 2.44. The monoisotopic (exact) mass is 358 g/mol. The first-order chi connectivity index (χ1) is 11.7. The third-order valence-electron chi connectivity index (χ3n) is 5.15. The summed E-state index contributed by atoms with van der Waals surface area (Å²) in [7, 11) is 0. The van der Waals surface area contributed by atoms with Gasteiger partial charge in [0.25, 0.3) is 0 Å². The SMILES string of the molecule is Cl.NC1CC(CNC(=O)OCC2c3ccccc3-c3ccccc32)C1. The lowest BCUT2D eigenvalue weighted by molar-refractivity contribution is 0.137. The van der Waals surface area contributed by atoms with E-state index in [-0.39, 0.29) is 24.4 Å². The number of nitrogens with two attached hydrogens (primary N) is 1. The first-order valence-electron chi connectivity index (χ1n) is 8.57. The molecule has 4 rings (SSSR count). The Balaban J connectivity index is 0.00000182. The van der Waals surface area contributed by atoms with Gasteiger partial charge in [0.15, 0.2) is 0 Å². The van der Waals surface area contributed by atoms with Crippen LogP contribution in [0.4, 0.5) is 4.79 Å². The Morgan fingerprint density at radius 2 is 1.60 bits per heavy atom. The Morgan fingerprint density at radius 3 is 2.16 bits per heavy atom. The van der Waals surface area contributed by atoms with Crippen LogP contribution in [0.2, 0.25) is 0 Å². The van der Waals surface area contributed by atoms with Crippen LogP contribution in [0.15, 0.2) is 48.5 Å². The van der Waals surface area contributed by atoms with Crippen molar-refractivity contribution in [1.82, 2.24) is 5.32 Å². The lowest BCUT2D eigenvalue weighted by atomic mass is 9.81. The van der Waals surface area contributed by atoms with Crippen LogP contribution in [-0.4, -0.2) is 25.3 Å². The molecular formula is C20H23ClN2O2. The van der Waals surface area contributed by atoms with Gasteiger partial charge in [-0.15, -0.1) is 12.4 Å². The fraction of sp³-hybridized carbons (Fsp3) is 0.350. The van der Waals surface area contributed by atoms with Gasteiger partial charge in [-0.1, -0.05) is 48.5 Å². The molecule has 2 aromatic rings. The Labute approximate surface area is 154 Å². The van der Waals surface area contributed by atoms with E-state index in [1.54, 1.807) is 0 Å². The van der Waals surface area contributed by atoms with Crippen LogP contribution in [0.25, 0.3) is 11.1 Å². The lowest BCUT2D eigenvalue weighted by Crippen LogP contribution is -2.42. The first kappa shape index (κ1) is 17.8. The van der Waals surface area contributed by atoms with Crippen molar-refractivity contribution in [1.29, 1.82) is 0 Å². The topological polar surface area (TPSA) is 64.3 Å². The molecule has 132 valence electrons. The second kappa shape index (κ2) is 7.46. The molecule has 0 radical (unpaired) electrons. The summed E-state index contributed by atoms with van der Waals surface area (Å²) in [5.74, 6) is 0.612. The Kier molecular flexibility index (Phi) is 5.30. The van der Waals surface area contributed by atoms with E-state index in [9.17, 15) is 4.79 Å².